The lowest BCUT2D eigenvalue weighted by Crippen LogP contribution is -2.42. The fourth-order valence-electron chi connectivity index (χ4n) is 3.07. The first kappa shape index (κ1) is 18.0. The van der Waals surface area contributed by atoms with Crippen LogP contribution in [0.15, 0.2) is 18.2 Å². The Bertz CT molecular complexity index is 727. The van der Waals surface area contributed by atoms with E-state index in [1.165, 1.54) is 4.31 Å². The fourth-order valence-corrected chi connectivity index (χ4v) is 4.75. The van der Waals surface area contributed by atoms with Crippen molar-refractivity contribution in [3.63, 3.8) is 0 Å². The van der Waals surface area contributed by atoms with E-state index in [0.717, 1.165) is 6.42 Å². The van der Waals surface area contributed by atoms with Crippen LogP contribution in [0, 0.1) is 5.92 Å². The Kier molecular flexibility index (Phi) is 5.48. The molecule has 1 N–H and O–H groups in total. The Labute approximate surface area is 148 Å². The number of sulfonamides is 1. The third-order valence-corrected chi connectivity index (χ3v) is 6.57. The molecule has 7 nitrogen and oxygen atoms in total. The molecule has 1 aromatic carbocycles. The average molecular weight is 368 g/mol. The van der Waals surface area contributed by atoms with Crippen LogP contribution in [0.2, 0.25) is 0 Å². The monoisotopic (exact) mass is 368 g/mol. The maximum absolute atomic E-state index is 12.4. The van der Waals surface area contributed by atoms with Crippen molar-refractivity contribution in [3.05, 3.63) is 18.2 Å². The van der Waals surface area contributed by atoms with Crippen LogP contribution in [0.3, 0.4) is 0 Å². The van der Waals surface area contributed by atoms with Crippen LogP contribution in [0.4, 0.5) is 5.69 Å². The summed E-state index contributed by atoms with van der Waals surface area (Å²) in [6.07, 6.45) is 2.62. The van der Waals surface area contributed by atoms with E-state index in [-0.39, 0.29) is 24.4 Å². The minimum absolute atomic E-state index is 0.0792. The Morgan fingerprint density at radius 3 is 2.68 bits per heavy atom. The van der Waals surface area contributed by atoms with Crippen molar-refractivity contribution in [1.82, 2.24) is 4.31 Å². The highest BCUT2D eigenvalue weighted by Crippen LogP contribution is 2.34. The number of hydrogen-bond acceptors (Lipinski definition) is 5. The van der Waals surface area contributed by atoms with Crippen molar-refractivity contribution in [1.29, 1.82) is 0 Å². The number of hydrogen-bond donors (Lipinski definition) is 1. The van der Waals surface area contributed by atoms with Crippen LogP contribution >= 0.6 is 0 Å². The molecule has 0 aliphatic carbocycles. The number of anilines is 1. The smallest absolute Gasteiger partial charge is 0.231 e. The summed E-state index contributed by atoms with van der Waals surface area (Å²) in [6.45, 7) is 2.98. The van der Waals surface area contributed by atoms with E-state index in [0.29, 0.717) is 49.5 Å². The lowest BCUT2D eigenvalue weighted by Gasteiger charge is -2.30. The molecule has 0 saturated carbocycles. The summed E-state index contributed by atoms with van der Waals surface area (Å²) in [4.78, 5) is 12.4. The van der Waals surface area contributed by atoms with Crippen molar-refractivity contribution in [2.75, 3.05) is 31.0 Å². The molecule has 2 aliphatic rings. The number of benzene rings is 1. The van der Waals surface area contributed by atoms with Gasteiger partial charge in [0.2, 0.25) is 22.7 Å². The number of ether oxygens (including phenoxy) is 2. The minimum Gasteiger partial charge on any atom is -0.454 e. The molecule has 0 aromatic heterocycles. The molecule has 2 heterocycles. The zero-order valence-corrected chi connectivity index (χ0v) is 15.2. The van der Waals surface area contributed by atoms with Gasteiger partial charge in [-0.3, -0.25) is 4.79 Å². The Morgan fingerprint density at radius 2 is 1.96 bits per heavy atom. The minimum atomic E-state index is -3.19. The Morgan fingerprint density at radius 1 is 1.24 bits per heavy atom. The van der Waals surface area contributed by atoms with Gasteiger partial charge in [0.25, 0.3) is 0 Å². The summed E-state index contributed by atoms with van der Waals surface area (Å²) >= 11 is 0. The Hall–Kier alpha value is -1.80. The van der Waals surface area contributed by atoms with Crippen LogP contribution in [0.5, 0.6) is 11.5 Å². The molecular formula is C17H24N2O5S. The number of unbranched alkanes of at least 4 members (excludes halogenated alkanes) is 1. The maximum atomic E-state index is 12.4. The van der Waals surface area contributed by atoms with Gasteiger partial charge in [0.15, 0.2) is 11.5 Å². The zero-order chi connectivity index (χ0) is 17.9. The second kappa shape index (κ2) is 7.61. The van der Waals surface area contributed by atoms with E-state index >= 15 is 0 Å². The largest absolute Gasteiger partial charge is 0.454 e. The number of fused-ring (bicyclic) bond motifs is 1. The SMILES string of the molecule is CCCCS(=O)(=O)N1CCC(C(=O)Nc2ccc3c(c2)OCO3)CC1. The summed E-state index contributed by atoms with van der Waals surface area (Å²) < 4.78 is 36.5. The molecule has 2 aliphatic heterocycles. The number of rotatable bonds is 6. The standard InChI is InChI=1S/C17H24N2O5S/c1-2-3-10-25(21,22)19-8-6-13(7-9-19)17(20)18-14-4-5-15-16(11-14)24-12-23-15/h4-5,11,13H,2-3,6-10,12H2,1H3,(H,18,20). The Balaban J connectivity index is 1.53. The van der Waals surface area contributed by atoms with Crippen molar-refractivity contribution >= 4 is 21.6 Å². The molecule has 8 heteroatoms. The topological polar surface area (TPSA) is 84.9 Å². The molecule has 0 radical (unpaired) electrons. The van der Waals surface area contributed by atoms with Crippen molar-refractivity contribution < 1.29 is 22.7 Å². The fraction of sp³-hybridized carbons (Fsp3) is 0.588. The number of amides is 1. The van der Waals surface area contributed by atoms with E-state index in [4.69, 9.17) is 9.47 Å². The lowest BCUT2D eigenvalue weighted by molar-refractivity contribution is -0.120. The molecule has 1 saturated heterocycles. The van der Waals surface area contributed by atoms with E-state index in [2.05, 4.69) is 5.32 Å². The molecule has 3 rings (SSSR count). The third-order valence-electron chi connectivity index (χ3n) is 4.61. The molecule has 138 valence electrons. The number of carbonyl (C=O) groups is 1. The number of nitrogens with one attached hydrogen (secondary N) is 1. The van der Waals surface area contributed by atoms with Gasteiger partial charge in [-0.05, 0) is 31.4 Å². The number of nitrogens with zero attached hydrogens (tertiary/aromatic N) is 1. The van der Waals surface area contributed by atoms with Gasteiger partial charge in [-0.1, -0.05) is 13.3 Å². The highest BCUT2D eigenvalue weighted by atomic mass is 32.2. The van der Waals surface area contributed by atoms with E-state index in [1.807, 2.05) is 6.92 Å². The molecule has 0 bridgehead atoms. The summed E-state index contributed by atoms with van der Waals surface area (Å²) in [5.74, 6) is 1.23. The van der Waals surface area contributed by atoms with Gasteiger partial charge >= 0.3 is 0 Å². The molecule has 1 amide bonds. The van der Waals surface area contributed by atoms with Gasteiger partial charge in [-0.25, -0.2) is 12.7 Å². The molecule has 25 heavy (non-hydrogen) atoms. The predicted octanol–water partition coefficient (Wildman–Crippen LogP) is 2.20. The summed E-state index contributed by atoms with van der Waals surface area (Å²) in [5.41, 5.74) is 0.659. The van der Waals surface area contributed by atoms with Gasteiger partial charge in [0.1, 0.15) is 0 Å². The molecule has 0 spiro atoms. The molecular weight excluding hydrogens is 344 g/mol. The van der Waals surface area contributed by atoms with Gasteiger partial charge in [-0.15, -0.1) is 0 Å². The zero-order valence-electron chi connectivity index (χ0n) is 14.4. The van der Waals surface area contributed by atoms with Gasteiger partial charge in [-0.2, -0.15) is 0 Å². The van der Waals surface area contributed by atoms with Crippen LogP contribution in [0.25, 0.3) is 0 Å². The first-order chi connectivity index (χ1) is 12.0. The maximum Gasteiger partial charge on any atom is 0.231 e. The van der Waals surface area contributed by atoms with E-state index < -0.39 is 10.0 Å². The lowest BCUT2D eigenvalue weighted by atomic mass is 9.97. The van der Waals surface area contributed by atoms with Crippen LogP contribution in [-0.2, 0) is 14.8 Å². The summed E-state index contributed by atoms with van der Waals surface area (Å²) in [7, 11) is -3.19. The quantitative estimate of drug-likeness (QED) is 0.832. The highest BCUT2D eigenvalue weighted by molar-refractivity contribution is 7.89. The average Bonchev–Trinajstić information content (AvgIpc) is 3.08. The second-order valence-corrected chi connectivity index (χ2v) is 8.49. The van der Waals surface area contributed by atoms with Crippen LogP contribution in [0.1, 0.15) is 32.6 Å². The number of carbonyl (C=O) groups excluding carboxylic acids is 1. The van der Waals surface area contributed by atoms with Gasteiger partial charge in [0.05, 0.1) is 5.75 Å². The summed E-state index contributed by atoms with van der Waals surface area (Å²) in [5, 5.41) is 2.89. The highest BCUT2D eigenvalue weighted by Gasteiger charge is 2.30. The van der Waals surface area contributed by atoms with Gasteiger partial charge < -0.3 is 14.8 Å². The number of piperidine rings is 1. The van der Waals surface area contributed by atoms with Crippen molar-refractivity contribution in [2.45, 2.75) is 32.6 Å². The second-order valence-electron chi connectivity index (χ2n) is 6.40. The van der Waals surface area contributed by atoms with Crippen LogP contribution < -0.4 is 14.8 Å². The summed E-state index contributed by atoms with van der Waals surface area (Å²) in [6, 6.07) is 5.28. The normalized spacial score (nSPS) is 18.3. The van der Waals surface area contributed by atoms with Crippen molar-refractivity contribution in [3.8, 4) is 11.5 Å². The first-order valence-corrected chi connectivity index (χ1v) is 10.3. The molecule has 0 atom stereocenters. The first-order valence-electron chi connectivity index (χ1n) is 8.68. The van der Waals surface area contributed by atoms with E-state index in [9.17, 15) is 13.2 Å². The van der Waals surface area contributed by atoms with Crippen molar-refractivity contribution in [2.24, 2.45) is 5.92 Å². The molecule has 1 fully saturated rings. The molecule has 1 aromatic rings. The van der Waals surface area contributed by atoms with E-state index in [1.54, 1.807) is 18.2 Å². The van der Waals surface area contributed by atoms with Gasteiger partial charge in [0, 0.05) is 30.8 Å². The third kappa shape index (κ3) is 4.24. The van der Waals surface area contributed by atoms with Crippen LogP contribution in [-0.4, -0.2) is 44.3 Å². The molecule has 0 unspecified atom stereocenters. The predicted molar refractivity (Wildman–Crippen MR) is 94.2 cm³/mol.